The fourth-order valence-corrected chi connectivity index (χ4v) is 5.71. The van der Waals surface area contributed by atoms with Gasteiger partial charge < -0.3 is 23.7 Å². The van der Waals surface area contributed by atoms with E-state index in [1.807, 2.05) is 6.92 Å². The molecule has 2 amide bonds. The van der Waals surface area contributed by atoms with Crippen molar-refractivity contribution in [3.8, 4) is 23.0 Å². The maximum absolute atomic E-state index is 13.9. The Hall–Kier alpha value is -3.79. The molecule has 2 aromatic carbocycles. The van der Waals surface area contributed by atoms with Gasteiger partial charge in [0, 0.05) is 12.1 Å². The number of nitrogens with one attached hydrogen (secondary N) is 1. The number of imide groups is 1. The smallest absolute Gasteiger partial charge is 0.326 e. The summed E-state index contributed by atoms with van der Waals surface area (Å²) in [6.45, 7) is 1.99. The molecule has 0 spiro atoms. The third-order valence-electron chi connectivity index (χ3n) is 7.23. The molecule has 2 aromatic rings. The van der Waals surface area contributed by atoms with Crippen LogP contribution < -0.4 is 29.2 Å². The Morgan fingerprint density at radius 2 is 1.78 bits per heavy atom. The number of nitrogens with zero attached hydrogens (tertiary/aromatic N) is 1. The van der Waals surface area contributed by atoms with E-state index in [0.29, 0.717) is 47.1 Å². The second kappa shape index (κ2) is 9.02. The maximum atomic E-state index is 13.9. The number of hydrogen-bond acceptors (Lipinski definition) is 9. The fraction of sp³-hybridized carbons (Fsp3) is 0.423. The first-order valence-electron chi connectivity index (χ1n) is 11.8. The van der Waals surface area contributed by atoms with Crippen molar-refractivity contribution in [3.05, 3.63) is 42.0 Å². The van der Waals surface area contributed by atoms with Crippen LogP contribution in [0.2, 0.25) is 0 Å². The number of amides is 2. The van der Waals surface area contributed by atoms with Gasteiger partial charge in [-0.05, 0) is 36.2 Å². The van der Waals surface area contributed by atoms with Crippen LogP contribution >= 0.6 is 0 Å². The lowest BCUT2D eigenvalue weighted by Crippen LogP contribution is -2.56. The third kappa shape index (κ3) is 3.39. The number of esters is 1. The third-order valence-corrected chi connectivity index (χ3v) is 7.23. The van der Waals surface area contributed by atoms with E-state index in [2.05, 4.69) is 5.32 Å². The lowest BCUT2D eigenvalue weighted by molar-refractivity contribution is -0.152. The monoisotopic (exact) mass is 496 g/mol. The molecule has 0 bridgehead atoms. The molecule has 3 heterocycles. The molecule has 2 saturated heterocycles. The number of carbonyl (C=O) groups excluding carboxylic acids is 3. The lowest BCUT2D eigenvalue weighted by Gasteiger charge is -2.32. The summed E-state index contributed by atoms with van der Waals surface area (Å²) in [5.41, 5.74) is -0.313. The van der Waals surface area contributed by atoms with Crippen LogP contribution in [0.25, 0.3) is 0 Å². The number of carbonyl (C=O) groups is 3. The van der Waals surface area contributed by atoms with E-state index < -0.39 is 41.2 Å². The van der Waals surface area contributed by atoms with Crippen molar-refractivity contribution in [3.63, 3.8) is 0 Å². The van der Waals surface area contributed by atoms with Crippen molar-refractivity contribution in [2.45, 2.75) is 31.3 Å². The number of methoxy groups -OCH3 is 3. The van der Waals surface area contributed by atoms with Gasteiger partial charge in [0.05, 0.1) is 38.9 Å². The van der Waals surface area contributed by atoms with E-state index >= 15 is 0 Å². The zero-order valence-electron chi connectivity index (χ0n) is 20.5. The number of fused-ring (bicyclic) bond motifs is 2. The summed E-state index contributed by atoms with van der Waals surface area (Å²) in [5, 5.41) is 3.35. The highest BCUT2D eigenvalue weighted by molar-refractivity contribution is 6.24. The van der Waals surface area contributed by atoms with E-state index in [-0.39, 0.29) is 6.79 Å². The molecule has 10 nitrogen and oxygen atoms in total. The van der Waals surface area contributed by atoms with E-state index in [0.717, 1.165) is 4.90 Å². The normalized spacial score (nSPS) is 26.2. The Labute approximate surface area is 208 Å². The van der Waals surface area contributed by atoms with Crippen LogP contribution in [0.3, 0.4) is 0 Å². The minimum absolute atomic E-state index is 0.0686. The van der Waals surface area contributed by atoms with Crippen molar-refractivity contribution >= 4 is 23.5 Å². The van der Waals surface area contributed by atoms with Crippen molar-refractivity contribution in [1.82, 2.24) is 5.32 Å². The average Bonchev–Trinajstić information content (AvgIpc) is 3.57. The van der Waals surface area contributed by atoms with Crippen LogP contribution in [0.5, 0.6) is 23.0 Å². The molecule has 36 heavy (non-hydrogen) atoms. The summed E-state index contributed by atoms with van der Waals surface area (Å²) < 4.78 is 26.8. The quantitative estimate of drug-likeness (QED) is 0.457. The maximum Gasteiger partial charge on any atom is 0.326 e. The van der Waals surface area contributed by atoms with E-state index in [1.54, 1.807) is 36.4 Å². The first kappa shape index (κ1) is 23.9. The lowest BCUT2D eigenvalue weighted by atomic mass is 9.77. The van der Waals surface area contributed by atoms with E-state index in [9.17, 15) is 14.4 Å². The molecular formula is C26H28N2O8. The second-order valence-electron chi connectivity index (χ2n) is 9.00. The Kier molecular flexibility index (Phi) is 5.99. The number of benzene rings is 2. The highest BCUT2D eigenvalue weighted by Crippen LogP contribution is 2.52. The SMILES string of the molecule is CCC[C@]1(C(=O)OC)N[C@@H](c2ccc(OC)c(OC)c2)[C@H]2C(=O)N(c3ccc4c(c3)OCO4)C(=O)[C@@H]21. The van der Waals surface area contributed by atoms with E-state index in [4.69, 9.17) is 23.7 Å². The Bertz CT molecular complexity index is 1230. The van der Waals surface area contributed by atoms with Gasteiger partial charge in [-0.15, -0.1) is 0 Å². The molecule has 0 saturated carbocycles. The zero-order valence-corrected chi connectivity index (χ0v) is 20.5. The zero-order chi connectivity index (χ0) is 25.6. The van der Waals surface area contributed by atoms with Crippen LogP contribution in [0, 0.1) is 11.8 Å². The van der Waals surface area contributed by atoms with E-state index in [1.165, 1.54) is 21.3 Å². The van der Waals surface area contributed by atoms with Crippen LogP contribution in [0.15, 0.2) is 36.4 Å². The van der Waals surface area contributed by atoms with Crippen molar-refractivity contribution in [2.24, 2.45) is 11.8 Å². The van der Waals surface area contributed by atoms with Gasteiger partial charge in [0.25, 0.3) is 0 Å². The molecule has 0 aromatic heterocycles. The van der Waals surface area contributed by atoms with Gasteiger partial charge in [-0.1, -0.05) is 19.4 Å². The summed E-state index contributed by atoms with van der Waals surface area (Å²) in [5.74, 6) is -1.24. The molecule has 3 aliphatic rings. The van der Waals surface area contributed by atoms with Crippen LogP contribution in [0.4, 0.5) is 5.69 Å². The van der Waals surface area contributed by atoms with Gasteiger partial charge in [0.15, 0.2) is 23.0 Å². The van der Waals surface area contributed by atoms with Crippen LogP contribution in [-0.4, -0.2) is 51.4 Å². The summed E-state index contributed by atoms with van der Waals surface area (Å²) in [6, 6.07) is 9.57. The molecule has 190 valence electrons. The molecule has 4 atom stereocenters. The first-order chi connectivity index (χ1) is 17.4. The molecule has 0 radical (unpaired) electrons. The average molecular weight is 497 g/mol. The topological polar surface area (TPSA) is 113 Å². The Balaban J connectivity index is 1.63. The van der Waals surface area contributed by atoms with Crippen LogP contribution in [-0.2, 0) is 19.1 Å². The fourth-order valence-electron chi connectivity index (χ4n) is 5.71. The summed E-state index contributed by atoms with van der Waals surface area (Å²) >= 11 is 0. The van der Waals surface area contributed by atoms with Gasteiger partial charge >= 0.3 is 5.97 Å². The van der Waals surface area contributed by atoms with Gasteiger partial charge in [0.2, 0.25) is 18.6 Å². The molecule has 1 N–H and O–H groups in total. The second-order valence-corrected chi connectivity index (χ2v) is 9.00. The number of ether oxygens (including phenoxy) is 5. The van der Waals surface area contributed by atoms with Crippen molar-refractivity contribution < 1.29 is 38.1 Å². The molecule has 5 rings (SSSR count). The Morgan fingerprint density at radius 3 is 2.47 bits per heavy atom. The predicted octanol–water partition coefficient (Wildman–Crippen LogP) is 2.59. The highest BCUT2D eigenvalue weighted by atomic mass is 16.7. The predicted molar refractivity (Wildman–Crippen MR) is 127 cm³/mol. The number of anilines is 1. The summed E-state index contributed by atoms with van der Waals surface area (Å²) in [4.78, 5) is 42.3. The number of hydrogen-bond donors (Lipinski definition) is 1. The van der Waals surface area contributed by atoms with Crippen molar-refractivity contribution in [2.75, 3.05) is 33.0 Å². The summed E-state index contributed by atoms with van der Waals surface area (Å²) in [7, 11) is 4.35. The van der Waals surface area contributed by atoms with Gasteiger partial charge in [-0.3, -0.25) is 19.7 Å². The number of rotatable bonds is 7. The van der Waals surface area contributed by atoms with Gasteiger partial charge in [-0.25, -0.2) is 4.90 Å². The standard InChI is InChI=1S/C26H28N2O8/c1-5-10-26(25(31)34-4)21-20(22(27-26)14-6-8-16(32-2)18(11-14)33-3)23(29)28(24(21)30)15-7-9-17-19(12-15)36-13-35-17/h6-9,11-12,20-22,27H,5,10,13H2,1-4H3/t20-,21+,22-,26-/m0/s1. The highest BCUT2D eigenvalue weighted by Gasteiger charge is 2.68. The van der Waals surface area contributed by atoms with Gasteiger partial charge in [-0.2, -0.15) is 0 Å². The molecule has 3 aliphatic heterocycles. The van der Waals surface area contributed by atoms with Gasteiger partial charge in [0.1, 0.15) is 5.54 Å². The van der Waals surface area contributed by atoms with Crippen molar-refractivity contribution in [1.29, 1.82) is 0 Å². The molecular weight excluding hydrogens is 468 g/mol. The molecule has 2 fully saturated rings. The minimum Gasteiger partial charge on any atom is -0.493 e. The molecule has 0 aliphatic carbocycles. The van der Waals surface area contributed by atoms with Crippen LogP contribution in [0.1, 0.15) is 31.4 Å². The first-order valence-corrected chi connectivity index (χ1v) is 11.8. The largest absolute Gasteiger partial charge is 0.493 e. The summed E-state index contributed by atoms with van der Waals surface area (Å²) in [6.07, 6.45) is 0.911. The molecule has 10 heteroatoms. The minimum atomic E-state index is -1.37. The Morgan fingerprint density at radius 1 is 1.03 bits per heavy atom. The molecule has 0 unspecified atom stereocenters.